The van der Waals surface area contributed by atoms with Gasteiger partial charge in [-0.2, -0.15) is 0 Å². The number of rotatable bonds is 0. The molecule has 0 fully saturated rings. The van der Waals surface area contributed by atoms with Crippen LogP contribution in [0, 0.1) is 5.92 Å². The summed E-state index contributed by atoms with van der Waals surface area (Å²) in [6.45, 7) is 0. The first kappa shape index (κ1) is 8.41. The minimum absolute atomic E-state index is 0.0649. The summed E-state index contributed by atoms with van der Waals surface area (Å²) in [6.07, 6.45) is 5.71. The predicted molar refractivity (Wildman–Crippen MR) is 59.7 cm³/mol. The highest BCUT2D eigenvalue weighted by Gasteiger charge is 2.24. The standard InChI is InChI=1S/C12H11N3/c13-11-8-4-1-2-6-10(8)15-12-9(11)5-3-7-14-12/h1-7,9,12H,13H2. The SMILES string of the molecule is NC1=c2ccccc2=NC2N=CC=CC12. The van der Waals surface area contributed by atoms with Crippen molar-refractivity contribution in [3.05, 3.63) is 47.0 Å². The normalized spacial score (nSPS) is 26.8. The Morgan fingerprint density at radius 2 is 2.07 bits per heavy atom. The van der Waals surface area contributed by atoms with Crippen molar-refractivity contribution >= 4 is 11.9 Å². The van der Waals surface area contributed by atoms with E-state index in [0.29, 0.717) is 0 Å². The largest absolute Gasteiger partial charge is 0.401 e. The van der Waals surface area contributed by atoms with Crippen LogP contribution in [0.1, 0.15) is 0 Å². The topological polar surface area (TPSA) is 50.7 Å². The summed E-state index contributed by atoms with van der Waals surface area (Å²) in [5, 5.41) is 1.99. The molecule has 2 atom stereocenters. The lowest BCUT2D eigenvalue weighted by atomic mass is 9.96. The summed E-state index contributed by atoms with van der Waals surface area (Å²) < 4.78 is 0. The monoisotopic (exact) mass is 197 g/mol. The maximum Gasteiger partial charge on any atom is 0.151 e. The molecule has 0 bridgehead atoms. The van der Waals surface area contributed by atoms with Gasteiger partial charge in [-0.05, 0) is 12.1 Å². The van der Waals surface area contributed by atoms with Crippen molar-refractivity contribution in [1.82, 2.24) is 0 Å². The number of allylic oxidation sites excluding steroid dienone is 1. The van der Waals surface area contributed by atoms with Gasteiger partial charge in [0.25, 0.3) is 0 Å². The number of nitrogens with zero attached hydrogens (tertiary/aromatic N) is 2. The molecule has 0 spiro atoms. The summed E-state index contributed by atoms with van der Waals surface area (Å²) in [4.78, 5) is 8.89. The zero-order valence-electron chi connectivity index (χ0n) is 8.17. The van der Waals surface area contributed by atoms with Gasteiger partial charge in [0.1, 0.15) is 0 Å². The highest BCUT2D eigenvalue weighted by Crippen LogP contribution is 2.20. The predicted octanol–water partition coefficient (Wildman–Crippen LogP) is -0.0304. The fourth-order valence-corrected chi connectivity index (χ4v) is 2.03. The number of para-hydroxylation sites is 1. The number of benzene rings is 1. The van der Waals surface area contributed by atoms with Gasteiger partial charge in [-0.15, -0.1) is 0 Å². The van der Waals surface area contributed by atoms with Crippen molar-refractivity contribution in [3.8, 4) is 0 Å². The minimum Gasteiger partial charge on any atom is -0.401 e. The van der Waals surface area contributed by atoms with Crippen LogP contribution < -0.4 is 16.3 Å². The molecule has 0 aromatic heterocycles. The molecule has 0 amide bonds. The zero-order valence-corrected chi connectivity index (χ0v) is 8.17. The van der Waals surface area contributed by atoms with E-state index in [1.807, 2.05) is 30.3 Å². The molecule has 2 N–H and O–H groups in total. The van der Waals surface area contributed by atoms with E-state index in [1.54, 1.807) is 6.21 Å². The van der Waals surface area contributed by atoms with Gasteiger partial charge < -0.3 is 5.73 Å². The first-order valence-corrected chi connectivity index (χ1v) is 4.99. The third-order valence-corrected chi connectivity index (χ3v) is 2.81. The van der Waals surface area contributed by atoms with Gasteiger partial charge in [0.05, 0.1) is 11.3 Å². The number of hydrogen-bond acceptors (Lipinski definition) is 3. The highest BCUT2D eigenvalue weighted by molar-refractivity contribution is 5.74. The summed E-state index contributed by atoms with van der Waals surface area (Å²) in [6, 6.07) is 7.94. The Kier molecular flexibility index (Phi) is 1.71. The van der Waals surface area contributed by atoms with E-state index in [-0.39, 0.29) is 12.1 Å². The van der Waals surface area contributed by atoms with E-state index >= 15 is 0 Å². The third-order valence-electron chi connectivity index (χ3n) is 2.81. The van der Waals surface area contributed by atoms with Crippen LogP contribution in [-0.2, 0) is 0 Å². The summed E-state index contributed by atoms with van der Waals surface area (Å²) >= 11 is 0. The van der Waals surface area contributed by atoms with Crippen molar-refractivity contribution < 1.29 is 0 Å². The average Bonchev–Trinajstić information content (AvgIpc) is 2.30. The molecule has 2 unspecified atom stereocenters. The molecule has 2 aliphatic heterocycles. The number of aliphatic imine (C=N–C) groups is 1. The van der Waals surface area contributed by atoms with E-state index in [1.165, 1.54) is 0 Å². The smallest absolute Gasteiger partial charge is 0.151 e. The average molecular weight is 197 g/mol. The molecule has 74 valence electrons. The second-order valence-electron chi connectivity index (χ2n) is 3.72. The van der Waals surface area contributed by atoms with Gasteiger partial charge in [-0.25, -0.2) is 0 Å². The van der Waals surface area contributed by atoms with Crippen molar-refractivity contribution in [1.29, 1.82) is 0 Å². The van der Waals surface area contributed by atoms with Gasteiger partial charge >= 0.3 is 0 Å². The van der Waals surface area contributed by atoms with Crippen LogP contribution in [0.25, 0.3) is 5.70 Å². The second-order valence-corrected chi connectivity index (χ2v) is 3.72. The molecular weight excluding hydrogens is 186 g/mol. The lowest BCUT2D eigenvalue weighted by molar-refractivity contribution is 0.587. The van der Waals surface area contributed by atoms with E-state index < -0.39 is 0 Å². The molecule has 2 heterocycles. The van der Waals surface area contributed by atoms with E-state index in [2.05, 4.69) is 16.1 Å². The molecule has 0 saturated carbocycles. The Balaban J connectivity index is 2.34. The van der Waals surface area contributed by atoms with Gasteiger partial charge in [0.2, 0.25) is 0 Å². The van der Waals surface area contributed by atoms with E-state index in [9.17, 15) is 0 Å². The van der Waals surface area contributed by atoms with Gasteiger partial charge in [0, 0.05) is 17.1 Å². The van der Waals surface area contributed by atoms with Crippen molar-refractivity contribution in [2.24, 2.45) is 21.6 Å². The van der Waals surface area contributed by atoms with Crippen LogP contribution in [0.2, 0.25) is 0 Å². The molecule has 3 nitrogen and oxygen atoms in total. The first-order valence-electron chi connectivity index (χ1n) is 4.99. The lowest BCUT2D eigenvalue weighted by Crippen LogP contribution is -2.41. The summed E-state index contributed by atoms with van der Waals surface area (Å²) in [5.41, 5.74) is 7.01. The maximum atomic E-state index is 6.13. The molecular formula is C12H11N3. The van der Waals surface area contributed by atoms with Crippen LogP contribution in [0.15, 0.2) is 46.4 Å². The number of fused-ring (bicyclic) bond motifs is 2. The number of dihydropyridines is 1. The quantitative estimate of drug-likeness (QED) is 0.624. The lowest BCUT2D eigenvalue weighted by Gasteiger charge is -2.23. The van der Waals surface area contributed by atoms with Crippen molar-refractivity contribution in [2.45, 2.75) is 6.17 Å². The molecule has 2 aliphatic rings. The maximum absolute atomic E-state index is 6.13. The molecule has 1 aromatic rings. The van der Waals surface area contributed by atoms with Crippen LogP contribution >= 0.6 is 0 Å². The molecule has 15 heavy (non-hydrogen) atoms. The highest BCUT2D eigenvalue weighted by atomic mass is 15.0. The second kappa shape index (κ2) is 3.05. The molecule has 0 radical (unpaired) electrons. The molecule has 3 rings (SSSR count). The van der Waals surface area contributed by atoms with Crippen LogP contribution in [0.4, 0.5) is 0 Å². The van der Waals surface area contributed by atoms with Gasteiger partial charge in [-0.3, -0.25) is 9.98 Å². The Morgan fingerprint density at radius 3 is 3.00 bits per heavy atom. The zero-order chi connectivity index (χ0) is 10.3. The van der Waals surface area contributed by atoms with E-state index in [0.717, 1.165) is 16.3 Å². The van der Waals surface area contributed by atoms with Crippen LogP contribution in [-0.4, -0.2) is 12.4 Å². The van der Waals surface area contributed by atoms with Crippen molar-refractivity contribution in [2.75, 3.05) is 0 Å². The molecule has 3 heteroatoms. The Labute approximate surface area is 87.4 Å². The van der Waals surface area contributed by atoms with Gasteiger partial charge in [-0.1, -0.05) is 24.3 Å². The Bertz CT molecular complexity index is 569. The fourth-order valence-electron chi connectivity index (χ4n) is 2.03. The fraction of sp³-hybridized carbons (Fsp3) is 0.167. The molecule has 0 aliphatic carbocycles. The number of nitrogens with two attached hydrogens (primary N) is 1. The van der Waals surface area contributed by atoms with Gasteiger partial charge in [0.15, 0.2) is 6.17 Å². The summed E-state index contributed by atoms with van der Waals surface area (Å²) in [7, 11) is 0. The third kappa shape index (κ3) is 1.20. The van der Waals surface area contributed by atoms with Crippen LogP contribution in [0.3, 0.4) is 0 Å². The molecule has 1 aromatic carbocycles. The summed E-state index contributed by atoms with van der Waals surface area (Å²) in [5.74, 6) is 0.130. The molecule has 0 saturated heterocycles. The van der Waals surface area contributed by atoms with Crippen molar-refractivity contribution in [3.63, 3.8) is 0 Å². The Morgan fingerprint density at radius 1 is 1.20 bits per heavy atom. The first-order chi connectivity index (χ1) is 7.36. The Hall–Kier alpha value is -1.90. The van der Waals surface area contributed by atoms with E-state index in [4.69, 9.17) is 5.73 Å². The number of hydrogen-bond donors (Lipinski definition) is 1. The minimum atomic E-state index is -0.0649. The van der Waals surface area contributed by atoms with Crippen LogP contribution in [0.5, 0.6) is 0 Å².